The first-order valence-corrected chi connectivity index (χ1v) is 6.19. The van der Waals surface area contributed by atoms with E-state index in [1.807, 2.05) is 0 Å². The summed E-state index contributed by atoms with van der Waals surface area (Å²) in [5.41, 5.74) is 3.95. The van der Waals surface area contributed by atoms with Gasteiger partial charge in [-0.3, -0.25) is 0 Å². The summed E-state index contributed by atoms with van der Waals surface area (Å²) in [6.07, 6.45) is 1.33. The lowest BCUT2D eigenvalue weighted by Gasteiger charge is -2.18. The van der Waals surface area contributed by atoms with Gasteiger partial charge in [-0.2, -0.15) is 0 Å². The van der Waals surface area contributed by atoms with Crippen LogP contribution in [0.15, 0.2) is 12.1 Å². The van der Waals surface area contributed by atoms with E-state index in [1.165, 1.54) is 16.7 Å². The molecule has 0 saturated heterocycles. The molecule has 0 aromatic heterocycles. The van der Waals surface area contributed by atoms with Gasteiger partial charge in [-0.05, 0) is 37.9 Å². The minimum absolute atomic E-state index is 0.287. The van der Waals surface area contributed by atoms with Crippen molar-refractivity contribution >= 4 is 0 Å². The van der Waals surface area contributed by atoms with Crippen LogP contribution in [-0.2, 0) is 0 Å². The number of likely N-dealkylation sites (N-methyl/N-ethyl adjacent to an activating group) is 1. The van der Waals surface area contributed by atoms with Crippen LogP contribution < -0.4 is 10.1 Å². The molecule has 0 spiro atoms. The molecular weight excluding hydrogens is 198 g/mol. The molecule has 2 rings (SSSR count). The molecule has 1 heterocycles. The summed E-state index contributed by atoms with van der Waals surface area (Å²) in [6, 6.07) is 4.71. The summed E-state index contributed by atoms with van der Waals surface area (Å²) in [5.74, 6) is 1.11. The Morgan fingerprint density at radius 3 is 2.50 bits per heavy atom. The summed E-state index contributed by atoms with van der Waals surface area (Å²) in [4.78, 5) is 0. The highest BCUT2D eigenvalue weighted by Gasteiger charge is 2.34. The Bertz CT molecular complexity index is 387. The monoisotopic (exact) mass is 219 g/mol. The smallest absolute Gasteiger partial charge is 0.127 e. The van der Waals surface area contributed by atoms with Gasteiger partial charge < -0.3 is 10.1 Å². The molecular formula is C14H21NO. The highest BCUT2D eigenvalue weighted by molar-refractivity contribution is 5.50. The first-order valence-electron chi connectivity index (χ1n) is 6.19. The van der Waals surface area contributed by atoms with Crippen molar-refractivity contribution < 1.29 is 4.74 Å². The zero-order valence-corrected chi connectivity index (χ0v) is 10.6. The van der Waals surface area contributed by atoms with Crippen LogP contribution in [0.1, 0.15) is 43.0 Å². The van der Waals surface area contributed by atoms with E-state index in [9.17, 15) is 0 Å². The van der Waals surface area contributed by atoms with Crippen molar-refractivity contribution in [2.24, 2.45) is 0 Å². The van der Waals surface area contributed by atoms with Gasteiger partial charge in [-0.25, -0.2) is 0 Å². The molecule has 0 amide bonds. The summed E-state index contributed by atoms with van der Waals surface area (Å²) in [7, 11) is 0. The predicted octanol–water partition coefficient (Wildman–Crippen LogP) is 3.13. The number of nitrogens with one attached hydrogen (secondary N) is 1. The third-order valence-electron chi connectivity index (χ3n) is 3.39. The molecule has 0 saturated carbocycles. The largest absolute Gasteiger partial charge is 0.488 e. The minimum Gasteiger partial charge on any atom is -0.488 e. The van der Waals surface area contributed by atoms with E-state index in [0.29, 0.717) is 6.04 Å². The maximum Gasteiger partial charge on any atom is 0.127 e. The molecule has 16 heavy (non-hydrogen) atoms. The molecule has 2 heteroatoms. The lowest BCUT2D eigenvalue weighted by Crippen LogP contribution is -2.30. The van der Waals surface area contributed by atoms with Gasteiger partial charge >= 0.3 is 0 Å². The van der Waals surface area contributed by atoms with Crippen molar-refractivity contribution in [2.75, 3.05) is 6.54 Å². The van der Waals surface area contributed by atoms with Crippen molar-refractivity contribution in [1.29, 1.82) is 0 Å². The molecule has 0 bridgehead atoms. The fourth-order valence-corrected chi connectivity index (χ4v) is 2.53. The van der Waals surface area contributed by atoms with Crippen LogP contribution >= 0.6 is 0 Å². The molecule has 2 nitrogen and oxygen atoms in total. The number of ether oxygens (including phenoxy) is 1. The second-order valence-corrected chi connectivity index (χ2v) is 4.54. The maximum absolute atomic E-state index is 6.07. The van der Waals surface area contributed by atoms with Gasteiger partial charge in [0.2, 0.25) is 0 Å². The zero-order valence-electron chi connectivity index (χ0n) is 10.6. The van der Waals surface area contributed by atoms with Gasteiger partial charge in [0.05, 0.1) is 6.04 Å². The number of benzene rings is 1. The van der Waals surface area contributed by atoms with Gasteiger partial charge in [0.25, 0.3) is 0 Å². The Labute approximate surface area is 98.0 Å². The Morgan fingerprint density at radius 2 is 1.88 bits per heavy atom. The quantitative estimate of drug-likeness (QED) is 0.843. The number of rotatable bonds is 3. The molecule has 1 aliphatic rings. The highest BCUT2D eigenvalue weighted by atomic mass is 16.5. The Morgan fingerprint density at radius 1 is 1.19 bits per heavy atom. The van der Waals surface area contributed by atoms with E-state index in [1.54, 1.807) is 0 Å². The average molecular weight is 219 g/mol. The first kappa shape index (κ1) is 11.5. The van der Waals surface area contributed by atoms with Gasteiger partial charge in [0.15, 0.2) is 0 Å². The normalized spacial score (nSPS) is 23.0. The van der Waals surface area contributed by atoms with Gasteiger partial charge in [0, 0.05) is 5.56 Å². The van der Waals surface area contributed by atoms with Crippen molar-refractivity contribution in [3.63, 3.8) is 0 Å². The molecule has 2 atom stereocenters. The number of fused-ring (bicyclic) bond motifs is 1. The molecule has 1 aromatic rings. The first-order chi connectivity index (χ1) is 7.69. The van der Waals surface area contributed by atoms with Crippen molar-refractivity contribution in [3.05, 3.63) is 28.8 Å². The van der Waals surface area contributed by atoms with Crippen LogP contribution in [0.3, 0.4) is 0 Å². The third kappa shape index (κ3) is 1.71. The van der Waals surface area contributed by atoms with Crippen LogP contribution in [0, 0.1) is 13.8 Å². The Balaban J connectivity index is 2.45. The van der Waals surface area contributed by atoms with Crippen LogP contribution in [0.4, 0.5) is 0 Å². The number of aryl methyl sites for hydroxylation is 2. The van der Waals surface area contributed by atoms with Crippen LogP contribution in [-0.4, -0.2) is 12.6 Å². The van der Waals surface area contributed by atoms with E-state index < -0.39 is 0 Å². The summed E-state index contributed by atoms with van der Waals surface area (Å²) in [5, 5.41) is 3.54. The summed E-state index contributed by atoms with van der Waals surface area (Å²) < 4.78 is 6.07. The lowest BCUT2D eigenvalue weighted by molar-refractivity contribution is 0.185. The van der Waals surface area contributed by atoms with Crippen molar-refractivity contribution in [3.8, 4) is 5.75 Å². The molecule has 1 aliphatic heterocycles. The molecule has 0 fully saturated rings. The fourth-order valence-electron chi connectivity index (χ4n) is 2.53. The van der Waals surface area contributed by atoms with Crippen molar-refractivity contribution in [1.82, 2.24) is 5.32 Å². The van der Waals surface area contributed by atoms with Gasteiger partial charge in [0.1, 0.15) is 11.9 Å². The predicted molar refractivity (Wildman–Crippen MR) is 67.0 cm³/mol. The Kier molecular flexibility index (Phi) is 3.20. The van der Waals surface area contributed by atoms with E-state index in [4.69, 9.17) is 4.74 Å². The highest BCUT2D eigenvalue weighted by Crippen LogP contribution is 2.41. The second kappa shape index (κ2) is 4.46. The summed E-state index contributed by atoms with van der Waals surface area (Å²) >= 11 is 0. The minimum atomic E-state index is 0.287. The van der Waals surface area contributed by atoms with E-state index in [-0.39, 0.29) is 6.10 Å². The molecule has 2 unspecified atom stereocenters. The van der Waals surface area contributed by atoms with E-state index in [0.717, 1.165) is 18.7 Å². The van der Waals surface area contributed by atoms with Gasteiger partial charge in [-0.1, -0.05) is 26.0 Å². The lowest BCUT2D eigenvalue weighted by atomic mass is 9.96. The Hall–Kier alpha value is -1.02. The molecule has 88 valence electrons. The fraction of sp³-hybridized carbons (Fsp3) is 0.571. The molecule has 0 aliphatic carbocycles. The maximum atomic E-state index is 6.07. The number of hydrogen-bond donors (Lipinski definition) is 1. The van der Waals surface area contributed by atoms with Gasteiger partial charge in [-0.15, -0.1) is 0 Å². The molecule has 0 radical (unpaired) electrons. The zero-order chi connectivity index (χ0) is 11.7. The average Bonchev–Trinajstić information content (AvgIpc) is 2.64. The molecule has 1 aromatic carbocycles. The van der Waals surface area contributed by atoms with Crippen LogP contribution in [0.25, 0.3) is 0 Å². The summed E-state index contributed by atoms with van der Waals surface area (Å²) in [6.45, 7) is 9.61. The van der Waals surface area contributed by atoms with Crippen LogP contribution in [0.2, 0.25) is 0 Å². The topological polar surface area (TPSA) is 21.3 Å². The molecule has 1 N–H and O–H groups in total. The van der Waals surface area contributed by atoms with Crippen molar-refractivity contribution in [2.45, 2.75) is 46.3 Å². The van der Waals surface area contributed by atoms with E-state index >= 15 is 0 Å². The SMILES string of the molecule is CCNC1c2c(C)ccc(C)c2OC1CC. The van der Waals surface area contributed by atoms with Crippen LogP contribution in [0.5, 0.6) is 5.75 Å². The standard InChI is InChI=1S/C14H21NO/c1-5-11-13(15-6-2)12-9(3)7-8-10(4)14(12)16-11/h7-8,11,13,15H,5-6H2,1-4H3. The van der Waals surface area contributed by atoms with E-state index in [2.05, 4.69) is 45.1 Å². The second-order valence-electron chi connectivity index (χ2n) is 4.54. The third-order valence-corrected chi connectivity index (χ3v) is 3.39. The number of hydrogen-bond acceptors (Lipinski definition) is 2.